The van der Waals surface area contributed by atoms with Crippen molar-refractivity contribution in [1.82, 2.24) is 5.32 Å². The molecule has 3 N–H and O–H groups in total. The van der Waals surface area contributed by atoms with Crippen molar-refractivity contribution in [3.63, 3.8) is 0 Å². The van der Waals surface area contributed by atoms with Gasteiger partial charge in [0.15, 0.2) is 0 Å². The highest BCUT2D eigenvalue weighted by molar-refractivity contribution is 5.96. The lowest BCUT2D eigenvalue weighted by Crippen LogP contribution is -2.35. The summed E-state index contributed by atoms with van der Waals surface area (Å²) in [6.45, 7) is 0.888. The Morgan fingerprint density at radius 3 is 2.93 bits per heavy atom. The summed E-state index contributed by atoms with van der Waals surface area (Å²) < 4.78 is 0. The Hall–Kier alpha value is -1.55. The molecular formula is C11H14N2O2. The molecule has 1 atom stereocenters. The molecule has 80 valence electrons. The first-order valence-electron chi connectivity index (χ1n) is 5.09. The van der Waals surface area contributed by atoms with E-state index in [-0.39, 0.29) is 17.7 Å². The molecule has 1 aliphatic heterocycles. The summed E-state index contributed by atoms with van der Waals surface area (Å²) in [5, 5.41) is 15.3. The van der Waals surface area contributed by atoms with Gasteiger partial charge in [0, 0.05) is 0 Å². The van der Waals surface area contributed by atoms with Crippen molar-refractivity contribution in [3.8, 4) is 5.75 Å². The van der Waals surface area contributed by atoms with Crippen LogP contribution in [0.25, 0.3) is 0 Å². The van der Waals surface area contributed by atoms with Gasteiger partial charge in [-0.15, -0.1) is 0 Å². The van der Waals surface area contributed by atoms with Crippen LogP contribution in [-0.4, -0.2) is 23.6 Å². The minimum Gasteiger partial charge on any atom is -0.506 e. The second-order valence-electron chi connectivity index (χ2n) is 3.66. The number of amides is 1. The maximum absolute atomic E-state index is 11.7. The number of phenolic OH excluding ortho intramolecular Hbond substituents is 1. The number of nitrogens with one attached hydrogen (secondary N) is 2. The van der Waals surface area contributed by atoms with Gasteiger partial charge >= 0.3 is 0 Å². The summed E-state index contributed by atoms with van der Waals surface area (Å²) in [4.78, 5) is 11.7. The van der Waals surface area contributed by atoms with Gasteiger partial charge in [0.05, 0.1) is 11.7 Å². The van der Waals surface area contributed by atoms with E-state index in [4.69, 9.17) is 0 Å². The Kier molecular flexibility index (Phi) is 2.87. The van der Waals surface area contributed by atoms with E-state index in [9.17, 15) is 9.90 Å². The van der Waals surface area contributed by atoms with Gasteiger partial charge in [-0.1, -0.05) is 12.1 Å². The quantitative estimate of drug-likeness (QED) is 0.635. The first-order valence-corrected chi connectivity index (χ1v) is 5.09. The summed E-state index contributed by atoms with van der Waals surface area (Å²) in [6.07, 6.45) is 1.89. The number of benzene rings is 1. The predicted molar refractivity (Wildman–Crippen MR) is 57.8 cm³/mol. The zero-order valence-electron chi connectivity index (χ0n) is 8.36. The van der Waals surface area contributed by atoms with Crippen LogP contribution < -0.4 is 10.6 Å². The molecule has 0 saturated carbocycles. The normalized spacial score (nSPS) is 20.1. The SMILES string of the molecule is O=C(Nc1ccccc1O)[C@H]1CCCN1. The van der Waals surface area contributed by atoms with E-state index >= 15 is 0 Å². The Morgan fingerprint density at radius 2 is 2.27 bits per heavy atom. The van der Waals surface area contributed by atoms with Gasteiger partial charge in [-0.25, -0.2) is 0 Å². The second-order valence-corrected chi connectivity index (χ2v) is 3.66. The molecule has 4 heteroatoms. The van der Waals surface area contributed by atoms with E-state index < -0.39 is 0 Å². The molecule has 1 amide bonds. The van der Waals surface area contributed by atoms with Gasteiger partial charge in [-0.05, 0) is 31.5 Å². The van der Waals surface area contributed by atoms with E-state index in [2.05, 4.69) is 10.6 Å². The molecule has 2 rings (SSSR count). The Balaban J connectivity index is 2.02. The van der Waals surface area contributed by atoms with Gasteiger partial charge in [-0.3, -0.25) is 4.79 Å². The third-order valence-electron chi connectivity index (χ3n) is 2.54. The Labute approximate surface area is 88.3 Å². The van der Waals surface area contributed by atoms with Crippen LogP contribution in [0.5, 0.6) is 5.75 Å². The standard InChI is InChI=1S/C11H14N2O2/c14-10-6-2-1-4-8(10)13-11(15)9-5-3-7-12-9/h1-2,4,6,9,12,14H,3,5,7H2,(H,13,15)/t9-/m1/s1. The highest BCUT2D eigenvalue weighted by Crippen LogP contribution is 2.22. The molecule has 1 heterocycles. The van der Waals surface area contributed by atoms with Gasteiger partial charge in [0.2, 0.25) is 5.91 Å². The second kappa shape index (κ2) is 4.31. The van der Waals surface area contributed by atoms with Crippen LogP contribution in [0.4, 0.5) is 5.69 Å². The van der Waals surface area contributed by atoms with Crippen molar-refractivity contribution in [2.75, 3.05) is 11.9 Å². The monoisotopic (exact) mass is 206 g/mol. The van der Waals surface area contributed by atoms with Crippen molar-refractivity contribution < 1.29 is 9.90 Å². The number of hydrogen-bond donors (Lipinski definition) is 3. The van der Waals surface area contributed by atoms with Crippen LogP contribution in [0.15, 0.2) is 24.3 Å². The molecule has 1 saturated heterocycles. The fourth-order valence-electron chi connectivity index (χ4n) is 1.71. The van der Waals surface area contributed by atoms with Crippen molar-refractivity contribution >= 4 is 11.6 Å². The van der Waals surface area contributed by atoms with Crippen LogP contribution in [0.2, 0.25) is 0 Å². The topological polar surface area (TPSA) is 61.4 Å². The average molecular weight is 206 g/mol. The van der Waals surface area contributed by atoms with Crippen molar-refractivity contribution in [1.29, 1.82) is 0 Å². The highest BCUT2D eigenvalue weighted by atomic mass is 16.3. The maximum Gasteiger partial charge on any atom is 0.241 e. The fraction of sp³-hybridized carbons (Fsp3) is 0.364. The van der Waals surface area contributed by atoms with Crippen LogP contribution in [0, 0.1) is 0 Å². The third-order valence-corrected chi connectivity index (χ3v) is 2.54. The first-order chi connectivity index (χ1) is 7.27. The molecule has 15 heavy (non-hydrogen) atoms. The van der Waals surface area contributed by atoms with E-state index in [0.717, 1.165) is 19.4 Å². The summed E-state index contributed by atoms with van der Waals surface area (Å²) >= 11 is 0. The van der Waals surface area contributed by atoms with E-state index in [1.165, 1.54) is 0 Å². The number of para-hydroxylation sites is 2. The zero-order chi connectivity index (χ0) is 10.7. The maximum atomic E-state index is 11.7. The molecule has 1 aromatic carbocycles. The largest absolute Gasteiger partial charge is 0.506 e. The third kappa shape index (κ3) is 2.27. The Bertz CT molecular complexity index is 359. The van der Waals surface area contributed by atoms with E-state index in [0.29, 0.717) is 5.69 Å². The summed E-state index contributed by atoms with van der Waals surface area (Å²) in [5.41, 5.74) is 0.469. The molecule has 1 aliphatic rings. The summed E-state index contributed by atoms with van der Waals surface area (Å²) in [6, 6.07) is 6.61. The number of carbonyl (C=O) groups is 1. The van der Waals surface area contributed by atoms with Crippen molar-refractivity contribution in [2.24, 2.45) is 0 Å². The van der Waals surface area contributed by atoms with Gasteiger partial charge < -0.3 is 15.7 Å². The van der Waals surface area contributed by atoms with Crippen LogP contribution >= 0.6 is 0 Å². The number of anilines is 1. The molecule has 0 radical (unpaired) electrons. The number of phenols is 1. The molecule has 0 spiro atoms. The minimum atomic E-state index is -0.121. The molecule has 4 nitrogen and oxygen atoms in total. The van der Waals surface area contributed by atoms with E-state index in [1.54, 1.807) is 24.3 Å². The molecule has 0 aliphatic carbocycles. The number of hydrogen-bond acceptors (Lipinski definition) is 3. The molecule has 0 unspecified atom stereocenters. The lowest BCUT2D eigenvalue weighted by atomic mass is 10.2. The average Bonchev–Trinajstić information content (AvgIpc) is 2.74. The number of carbonyl (C=O) groups excluding carboxylic acids is 1. The summed E-state index contributed by atoms with van der Waals surface area (Å²) in [5.74, 6) is 0.0258. The van der Waals surface area contributed by atoms with Gasteiger partial charge in [-0.2, -0.15) is 0 Å². The van der Waals surface area contributed by atoms with Crippen LogP contribution in [-0.2, 0) is 4.79 Å². The zero-order valence-corrected chi connectivity index (χ0v) is 8.36. The Morgan fingerprint density at radius 1 is 1.47 bits per heavy atom. The highest BCUT2D eigenvalue weighted by Gasteiger charge is 2.22. The lowest BCUT2D eigenvalue weighted by molar-refractivity contribution is -0.117. The molecule has 0 aromatic heterocycles. The predicted octanol–water partition coefficient (Wildman–Crippen LogP) is 1.08. The van der Waals surface area contributed by atoms with Crippen LogP contribution in [0.3, 0.4) is 0 Å². The van der Waals surface area contributed by atoms with Gasteiger partial charge in [0.25, 0.3) is 0 Å². The summed E-state index contributed by atoms with van der Waals surface area (Å²) in [7, 11) is 0. The van der Waals surface area contributed by atoms with Crippen LogP contribution in [0.1, 0.15) is 12.8 Å². The molecule has 1 aromatic rings. The number of rotatable bonds is 2. The van der Waals surface area contributed by atoms with Crippen molar-refractivity contribution in [2.45, 2.75) is 18.9 Å². The lowest BCUT2D eigenvalue weighted by Gasteiger charge is -2.11. The van der Waals surface area contributed by atoms with Crippen molar-refractivity contribution in [3.05, 3.63) is 24.3 Å². The fourth-order valence-corrected chi connectivity index (χ4v) is 1.71. The van der Waals surface area contributed by atoms with Gasteiger partial charge in [0.1, 0.15) is 5.75 Å². The molecule has 0 bridgehead atoms. The smallest absolute Gasteiger partial charge is 0.241 e. The minimum absolute atomic E-state index is 0.0750. The molecular weight excluding hydrogens is 192 g/mol. The van der Waals surface area contributed by atoms with E-state index in [1.807, 2.05) is 0 Å². The molecule has 1 fully saturated rings. The number of aromatic hydroxyl groups is 1. The first kappa shape index (κ1) is 9.98.